The zero-order valence-electron chi connectivity index (χ0n) is 10.2. The van der Waals surface area contributed by atoms with E-state index in [9.17, 15) is 5.11 Å². The Kier molecular flexibility index (Phi) is 4.52. The molecule has 2 unspecified atom stereocenters. The van der Waals surface area contributed by atoms with E-state index in [2.05, 4.69) is 23.9 Å². The van der Waals surface area contributed by atoms with Crippen molar-refractivity contribution in [3.05, 3.63) is 0 Å². The van der Waals surface area contributed by atoms with Gasteiger partial charge in [-0.1, -0.05) is 0 Å². The molecule has 1 aliphatic heterocycles. The van der Waals surface area contributed by atoms with Crippen molar-refractivity contribution in [2.24, 2.45) is 11.7 Å². The summed E-state index contributed by atoms with van der Waals surface area (Å²) in [4.78, 5) is 4.55. The van der Waals surface area contributed by atoms with E-state index in [1.807, 2.05) is 0 Å². The first kappa shape index (κ1) is 12.9. The maximum absolute atomic E-state index is 9.84. The first-order chi connectivity index (χ1) is 6.93. The van der Waals surface area contributed by atoms with Crippen molar-refractivity contribution in [1.29, 1.82) is 0 Å². The van der Waals surface area contributed by atoms with E-state index >= 15 is 0 Å². The van der Waals surface area contributed by atoms with E-state index in [-0.39, 0.29) is 0 Å². The summed E-state index contributed by atoms with van der Waals surface area (Å²) < 4.78 is 0. The van der Waals surface area contributed by atoms with Crippen molar-refractivity contribution in [3.63, 3.8) is 0 Å². The SMILES string of the molecule is CN1CCC(CN(C)CC(C)(O)CN)C1. The standard InChI is InChI=1S/C11H25N3O/c1-11(15,8-12)9-14(3)7-10-4-5-13(2)6-10/h10,15H,4-9,12H2,1-3H3. The largest absolute Gasteiger partial charge is 0.388 e. The van der Waals surface area contributed by atoms with Gasteiger partial charge in [-0.2, -0.15) is 0 Å². The first-order valence-electron chi connectivity index (χ1n) is 5.72. The van der Waals surface area contributed by atoms with Crippen molar-refractivity contribution in [2.75, 3.05) is 46.8 Å². The van der Waals surface area contributed by atoms with E-state index in [4.69, 9.17) is 5.73 Å². The van der Waals surface area contributed by atoms with Crippen LogP contribution in [0.15, 0.2) is 0 Å². The van der Waals surface area contributed by atoms with Gasteiger partial charge in [0.15, 0.2) is 0 Å². The van der Waals surface area contributed by atoms with E-state index in [0.29, 0.717) is 13.1 Å². The lowest BCUT2D eigenvalue weighted by atomic mass is 10.0. The summed E-state index contributed by atoms with van der Waals surface area (Å²) in [5.74, 6) is 0.744. The van der Waals surface area contributed by atoms with Crippen LogP contribution in [0.5, 0.6) is 0 Å². The van der Waals surface area contributed by atoms with Gasteiger partial charge in [-0.05, 0) is 39.9 Å². The van der Waals surface area contributed by atoms with Crippen LogP contribution in [0.1, 0.15) is 13.3 Å². The summed E-state index contributed by atoms with van der Waals surface area (Å²) in [7, 11) is 4.22. The summed E-state index contributed by atoms with van der Waals surface area (Å²) in [6.45, 7) is 6.21. The average molecular weight is 215 g/mol. The third kappa shape index (κ3) is 4.47. The van der Waals surface area contributed by atoms with Crippen LogP contribution in [0.25, 0.3) is 0 Å². The molecule has 0 amide bonds. The van der Waals surface area contributed by atoms with Crippen LogP contribution in [0, 0.1) is 5.92 Å². The molecule has 0 aromatic heterocycles. The van der Waals surface area contributed by atoms with Crippen molar-refractivity contribution < 1.29 is 5.11 Å². The fraction of sp³-hybridized carbons (Fsp3) is 1.00. The Morgan fingerprint density at radius 3 is 2.73 bits per heavy atom. The molecule has 1 heterocycles. The lowest BCUT2D eigenvalue weighted by molar-refractivity contribution is 0.0315. The summed E-state index contributed by atoms with van der Waals surface area (Å²) in [5, 5.41) is 9.84. The van der Waals surface area contributed by atoms with E-state index in [1.165, 1.54) is 19.5 Å². The van der Waals surface area contributed by atoms with E-state index < -0.39 is 5.60 Å². The van der Waals surface area contributed by atoms with Gasteiger partial charge in [-0.3, -0.25) is 0 Å². The Bertz CT molecular complexity index is 196. The lowest BCUT2D eigenvalue weighted by Gasteiger charge is -2.29. The van der Waals surface area contributed by atoms with E-state index in [1.54, 1.807) is 6.92 Å². The Balaban J connectivity index is 2.27. The summed E-state index contributed by atoms with van der Waals surface area (Å²) in [6, 6.07) is 0. The summed E-state index contributed by atoms with van der Waals surface area (Å²) in [5.41, 5.74) is 4.75. The molecule has 15 heavy (non-hydrogen) atoms. The minimum Gasteiger partial charge on any atom is -0.388 e. The maximum Gasteiger partial charge on any atom is 0.0867 e. The molecule has 0 aromatic rings. The second-order valence-corrected chi connectivity index (χ2v) is 5.31. The van der Waals surface area contributed by atoms with Crippen molar-refractivity contribution in [3.8, 4) is 0 Å². The molecule has 1 fully saturated rings. The van der Waals surface area contributed by atoms with Gasteiger partial charge < -0.3 is 20.6 Å². The molecule has 2 atom stereocenters. The quantitative estimate of drug-likeness (QED) is 0.654. The van der Waals surface area contributed by atoms with Gasteiger partial charge in [-0.15, -0.1) is 0 Å². The van der Waals surface area contributed by atoms with Gasteiger partial charge in [0.1, 0.15) is 0 Å². The summed E-state index contributed by atoms with van der Waals surface area (Å²) in [6.07, 6.45) is 1.27. The zero-order valence-corrected chi connectivity index (χ0v) is 10.2. The number of rotatable bonds is 5. The number of likely N-dealkylation sites (N-methyl/N-ethyl adjacent to an activating group) is 1. The topological polar surface area (TPSA) is 52.7 Å². The Labute approximate surface area is 93.0 Å². The van der Waals surface area contributed by atoms with Gasteiger partial charge >= 0.3 is 0 Å². The highest BCUT2D eigenvalue weighted by Crippen LogP contribution is 2.16. The molecule has 0 bridgehead atoms. The minimum absolute atomic E-state index is 0.321. The van der Waals surface area contributed by atoms with Gasteiger partial charge in [0.25, 0.3) is 0 Å². The van der Waals surface area contributed by atoms with Gasteiger partial charge in [0.05, 0.1) is 5.60 Å². The Morgan fingerprint density at radius 2 is 2.27 bits per heavy atom. The van der Waals surface area contributed by atoms with Crippen molar-refractivity contribution >= 4 is 0 Å². The van der Waals surface area contributed by atoms with Crippen LogP contribution in [-0.4, -0.2) is 67.3 Å². The maximum atomic E-state index is 9.84. The molecule has 1 rings (SSSR count). The van der Waals surface area contributed by atoms with Crippen LogP contribution in [0.2, 0.25) is 0 Å². The fourth-order valence-electron chi connectivity index (χ4n) is 2.33. The highest BCUT2D eigenvalue weighted by molar-refractivity contribution is 4.80. The van der Waals surface area contributed by atoms with Crippen LogP contribution in [-0.2, 0) is 0 Å². The smallest absolute Gasteiger partial charge is 0.0867 e. The van der Waals surface area contributed by atoms with Crippen LogP contribution < -0.4 is 5.73 Å². The molecule has 3 N–H and O–H groups in total. The normalized spacial score (nSPS) is 27.2. The molecular formula is C11H25N3O. The Hall–Kier alpha value is -0.160. The molecule has 0 radical (unpaired) electrons. The molecule has 1 saturated heterocycles. The predicted octanol–water partition coefficient (Wildman–Crippen LogP) is -0.420. The second-order valence-electron chi connectivity index (χ2n) is 5.31. The predicted molar refractivity (Wildman–Crippen MR) is 62.8 cm³/mol. The number of aliphatic hydroxyl groups is 1. The average Bonchev–Trinajstić information content (AvgIpc) is 2.50. The van der Waals surface area contributed by atoms with Crippen LogP contribution >= 0.6 is 0 Å². The van der Waals surface area contributed by atoms with Crippen molar-refractivity contribution in [2.45, 2.75) is 18.9 Å². The molecule has 1 aliphatic rings. The minimum atomic E-state index is -0.751. The highest BCUT2D eigenvalue weighted by Gasteiger charge is 2.24. The molecule has 0 aliphatic carbocycles. The molecule has 90 valence electrons. The number of nitrogens with two attached hydrogens (primary N) is 1. The third-order valence-electron chi connectivity index (χ3n) is 3.11. The molecule has 4 nitrogen and oxygen atoms in total. The summed E-state index contributed by atoms with van der Waals surface area (Å²) >= 11 is 0. The third-order valence-corrected chi connectivity index (χ3v) is 3.11. The molecular weight excluding hydrogens is 190 g/mol. The van der Waals surface area contributed by atoms with Crippen molar-refractivity contribution in [1.82, 2.24) is 9.80 Å². The van der Waals surface area contributed by atoms with Gasteiger partial charge in [0, 0.05) is 26.2 Å². The lowest BCUT2D eigenvalue weighted by Crippen LogP contribution is -2.46. The molecule has 4 heteroatoms. The molecule has 0 spiro atoms. The fourth-order valence-corrected chi connectivity index (χ4v) is 2.33. The van der Waals surface area contributed by atoms with Gasteiger partial charge in [-0.25, -0.2) is 0 Å². The second kappa shape index (κ2) is 5.25. The number of likely N-dealkylation sites (tertiary alicyclic amines) is 1. The van der Waals surface area contributed by atoms with E-state index in [0.717, 1.165) is 12.5 Å². The molecule has 0 aromatic carbocycles. The number of hydrogen-bond donors (Lipinski definition) is 2. The Morgan fingerprint density at radius 1 is 1.60 bits per heavy atom. The monoisotopic (exact) mass is 215 g/mol. The number of nitrogens with zero attached hydrogens (tertiary/aromatic N) is 2. The van der Waals surface area contributed by atoms with Gasteiger partial charge in [0.2, 0.25) is 0 Å². The first-order valence-corrected chi connectivity index (χ1v) is 5.72. The highest BCUT2D eigenvalue weighted by atomic mass is 16.3. The van der Waals surface area contributed by atoms with Crippen LogP contribution in [0.4, 0.5) is 0 Å². The van der Waals surface area contributed by atoms with Crippen LogP contribution in [0.3, 0.4) is 0 Å². The molecule has 0 saturated carbocycles. The number of hydrogen-bond acceptors (Lipinski definition) is 4. The zero-order chi connectivity index (χ0) is 11.5.